The number of hydrogen-bond acceptors (Lipinski definition) is 8. The van der Waals surface area contributed by atoms with Crippen LogP contribution in [0.1, 0.15) is 56.6 Å². The summed E-state index contributed by atoms with van der Waals surface area (Å²) in [4.78, 5) is 56.4. The van der Waals surface area contributed by atoms with Crippen molar-refractivity contribution < 1.29 is 34.2 Å². The number of carbonyl (C=O) groups excluding carboxylic acids is 4. The van der Waals surface area contributed by atoms with E-state index in [1.807, 2.05) is 47.1 Å². The molecule has 296 valence electrons. The van der Waals surface area contributed by atoms with Crippen LogP contribution in [0.15, 0.2) is 45.3 Å². The number of anilines is 1. The standard InChI is InChI=1S/C23H33Br2N3O4.C16H21N3O3/c1-15(11-16-12-19(24)22(30)20(25)13-16)23(31)28-9-5-18(6-10-28)17-3-7-27(8-4-17)14-21(29)26(2)32;1-22-16(21)18-9-7-13(8-10-18)19-11-6-12-4-2-3-5-14(12)17-15(19)20/h12-13,15,17-18,30,32H,3-11,14H2,1-2H3;2-5,13H,6-11H2,1H3,(H,17,20)/t15-;/m1./s1. The minimum absolute atomic E-state index is 0.0403. The molecule has 4 aliphatic heterocycles. The predicted octanol–water partition coefficient (Wildman–Crippen LogP) is 6.20. The maximum Gasteiger partial charge on any atom is 0.409 e. The van der Waals surface area contributed by atoms with E-state index in [4.69, 9.17) is 4.74 Å². The molecule has 0 spiro atoms. The van der Waals surface area contributed by atoms with Crippen molar-refractivity contribution in [1.29, 1.82) is 0 Å². The van der Waals surface area contributed by atoms with Gasteiger partial charge in [-0.05, 0) is 137 Å². The van der Waals surface area contributed by atoms with E-state index >= 15 is 0 Å². The molecule has 5 amide bonds. The third kappa shape index (κ3) is 10.9. The number of para-hydroxylation sites is 1. The molecule has 0 bridgehead atoms. The lowest BCUT2D eigenvalue weighted by Gasteiger charge is -2.40. The van der Waals surface area contributed by atoms with E-state index in [0.29, 0.717) is 51.9 Å². The Morgan fingerprint density at radius 1 is 0.907 bits per heavy atom. The van der Waals surface area contributed by atoms with Crippen LogP contribution >= 0.6 is 31.9 Å². The first kappa shape index (κ1) is 41.8. The molecule has 13 nitrogen and oxygen atoms in total. The van der Waals surface area contributed by atoms with Crippen LogP contribution in [-0.2, 0) is 27.2 Å². The topological polar surface area (TPSA) is 146 Å². The number of phenols is 1. The van der Waals surface area contributed by atoms with Crippen molar-refractivity contribution in [3.05, 3.63) is 56.5 Å². The number of fused-ring (bicyclic) bond motifs is 1. The fourth-order valence-corrected chi connectivity index (χ4v) is 9.46. The average molecular weight is 879 g/mol. The number of likely N-dealkylation sites (N-methyl/N-ethyl adjacent to an activating group) is 1. The Morgan fingerprint density at radius 2 is 1.48 bits per heavy atom. The van der Waals surface area contributed by atoms with Crippen LogP contribution in [0.5, 0.6) is 5.75 Å². The van der Waals surface area contributed by atoms with Gasteiger partial charge in [0.15, 0.2) is 0 Å². The lowest BCUT2D eigenvalue weighted by atomic mass is 9.78. The molecule has 0 aromatic heterocycles. The number of methoxy groups -OCH3 is 1. The molecular formula is C39H54Br2N6O7. The van der Waals surface area contributed by atoms with Gasteiger partial charge in [0.1, 0.15) is 5.75 Å². The van der Waals surface area contributed by atoms with Gasteiger partial charge in [-0.25, -0.2) is 14.7 Å². The minimum atomic E-state index is -0.286. The van der Waals surface area contributed by atoms with Gasteiger partial charge >= 0.3 is 12.1 Å². The number of likely N-dealkylation sites (tertiary alicyclic amines) is 3. The van der Waals surface area contributed by atoms with Crippen LogP contribution in [0.4, 0.5) is 15.3 Å². The molecule has 2 aromatic rings. The third-order valence-corrected chi connectivity index (χ3v) is 12.6. The number of nitrogens with zero attached hydrogens (tertiary/aromatic N) is 5. The van der Waals surface area contributed by atoms with Gasteiger partial charge in [-0.3, -0.25) is 19.7 Å². The van der Waals surface area contributed by atoms with Crippen molar-refractivity contribution >= 4 is 61.5 Å². The van der Waals surface area contributed by atoms with E-state index in [2.05, 4.69) is 48.1 Å². The Balaban J connectivity index is 0.000000222. The Hall–Kier alpha value is -3.40. The highest BCUT2D eigenvalue weighted by Gasteiger charge is 2.33. The number of ether oxygens (including phenoxy) is 1. The summed E-state index contributed by atoms with van der Waals surface area (Å²) < 4.78 is 6.00. The fourth-order valence-electron chi connectivity index (χ4n) is 8.18. The zero-order chi connectivity index (χ0) is 38.9. The summed E-state index contributed by atoms with van der Waals surface area (Å²) in [5, 5.41) is 22.8. The minimum Gasteiger partial charge on any atom is -0.506 e. The molecule has 0 aliphatic carbocycles. The van der Waals surface area contributed by atoms with Crippen molar-refractivity contribution in [2.24, 2.45) is 17.8 Å². The van der Waals surface area contributed by atoms with E-state index in [0.717, 1.165) is 82.4 Å². The van der Waals surface area contributed by atoms with E-state index < -0.39 is 0 Å². The van der Waals surface area contributed by atoms with Crippen molar-refractivity contribution in [3.8, 4) is 5.75 Å². The first-order valence-electron chi connectivity index (χ1n) is 19.0. The number of aromatic hydroxyl groups is 1. The van der Waals surface area contributed by atoms with Gasteiger partial charge in [-0.15, -0.1) is 0 Å². The SMILES string of the molecule is COC(=O)N1CCC(N2CCc3ccccc3NC2=O)CC1.C[C@H](Cc1cc(Br)c(O)c(Br)c1)C(=O)N1CCC(C2CCN(CC(=O)N(C)O)CC2)CC1. The zero-order valence-electron chi connectivity index (χ0n) is 31.5. The van der Waals surface area contributed by atoms with Crippen molar-refractivity contribution in [3.63, 3.8) is 0 Å². The normalized spacial score (nSPS) is 19.5. The van der Waals surface area contributed by atoms with Crippen LogP contribution < -0.4 is 5.32 Å². The van der Waals surface area contributed by atoms with Gasteiger partial charge in [0.05, 0.1) is 22.6 Å². The predicted molar refractivity (Wildman–Crippen MR) is 212 cm³/mol. The lowest BCUT2D eigenvalue weighted by molar-refractivity contribution is -0.160. The summed E-state index contributed by atoms with van der Waals surface area (Å²) in [6, 6.07) is 11.8. The number of piperidine rings is 3. The molecule has 6 rings (SSSR count). The average Bonchev–Trinajstić information content (AvgIpc) is 3.35. The smallest absolute Gasteiger partial charge is 0.409 e. The Morgan fingerprint density at radius 3 is 2.07 bits per heavy atom. The maximum absolute atomic E-state index is 13.0. The lowest BCUT2D eigenvalue weighted by Crippen LogP contribution is -2.50. The van der Waals surface area contributed by atoms with Gasteiger partial charge in [0, 0.05) is 57.4 Å². The summed E-state index contributed by atoms with van der Waals surface area (Å²) >= 11 is 6.72. The van der Waals surface area contributed by atoms with Crippen molar-refractivity contribution in [2.45, 2.75) is 64.3 Å². The number of rotatable bonds is 7. The van der Waals surface area contributed by atoms with E-state index in [1.165, 1.54) is 19.7 Å². The summed E-state index contributed by atoms with van der Waals surface area (Å²) in [6.45, 7) is 7.63. The monoisotopic (exact) mass is 876 g/mol. The highest BCUT2D eigenvalue weighted by molar-refractivity contribution is 9.11. The number of hydroxylamine groups is 2. The molecule has 4 aliphatic rings. The summed E-state index contributed by atoms with van der Waals surface area (Å²) in [7, 11) is 2.77. The molecule has 0 radical (unpaired) electrons. The summed E-state index contributed by atoms with van der Waals surface area (Å²) in [6.07, 6.45) is 7.01. The molecular weight excluding hydrogens is 824 g/mol. The largest absolute Gasteiger partial charge is 0.506 e. The second-order valence-corrected chi connectivity index (χ2v) is 16.6. The highest BCUT2D eigenvalue weighted by Crippen LogP contribution is 2.35. The number of halogens is 2. The van der Waals surface area contributed by atoms with Gasteiger partial charge < -0.3 is 29.9 Å². The quantitative estimate of drug-likeness (QED) is 0.220. The van der Waals surface area contributed by atoms with E-state index in [-0.39, 0.29) is 48.2 Å². The molecule has 1 atom stereocenters. The van der Waals surface area contributed by atoms with Crippen LogP contribution in [-0.4, -0.2) is 131 Å². The van der Waals surface area contributed by atoms with Gasteiger partial charge in [0.2, 0.25) is 5.91 Å². The third-order valence-electron chi connectivity index (χ3n) is 11.4. The maximum atomic E-state index is 13.0. The molecule has 2 aromatic carbocycles. The van der Waals surface area contributed by atoms with Crippen molar-refractivity contribution in [1.82, 2.24) is 24.7 Å². The van der Waals surface area contributed by atoms with Crippen LogP contribution in [0.25, 0.3) is 0 Å². The highest BCUT2D eigenvalue weighted by atomic mass is 79.9. The Bertz CT molecular complexity index is 1600. The molecule has 3 saturated heterocycles. The molecule has 54 heavy (non-hydrogen) atoms. The number of nitrogens with one attached hydrogen (secondary N) is 1. The van der Waals surface area contributed by atoms with E-state index in [1.54, 1.807) is 4.90 Å². The molecule has 0 unspecified atom stereocenters. The number of hydrogen-bond donors (Lipinski definition) is 3. The number of phenolic OH excluding ortho intramolecular Hbond substituents is 1. The van der Waals surface area contributed by atoms with Crippen LogP contribution in [0.2, 0.25) is 0 Å². The first-order valence-corrected chi connectivity index (χ1v) is 20.5. The van der Waals surface area contributed by atoms with Crippen LogP contribution in [0, 0.1) is 17.8 Å². The van der Waals surface area contributed by atoms with Gasteiger partial charge in [0.25, 0.3) is 5.91 Å². The molecule has 3 N–H and O–H groups in total. The second kappa shape index (κ2) is 19.5. The molecule has 3 fully saturated rings. The number of carbonyl (C=O) groups is 4. The molecule has 15 heteroatoms. The molecule has 4 heterocycles. The first-order chi connectivity index (χ1) is 25.8. The summed E-state index contributed by atoms with van der Waals surface area (Å²) in [5.41, 5.74) is 3.09. The van der Waals surface area contributed by atoms with Gasteiger partial charge in [-0.2, -0.15) is 0 Å². The second-order valence-electron chi connectivity index (χ2n) is 14.9. The van der Waals surface area contributed by atoms with Gasteiger partial charge in [-0.1, -0.05) is 25.1 Å². The van der Waals surface area contributed by atoms with Crippen molar-refractivity contribution in [2.75, 3.05) is 71.8 Å². The molecule has 0 saturated carbocycles. The number of amides is 5. The Labute approximate surface area is 335 Å². The number of urea groups is 1. The van der Waals surface area contributed by atoms with Crippen LogP contribution in [0.3, 0.4) is 0 Å². The Kier molecular flexibility index (Phi) is 15.0. The fraction of sp³-hybridized carbons (Fsp3) is 0.590. The zero-order valence-corrected chi connectivity index (χ0v) is 34.7. The summed E-state index contributed by atoms with van der Waals surface area (Å²) in [5.74, 6) is 1.28. The number of benzene rings is 2. The van der Waals surface area contributed by atoms with E-state index in [9.17, 15) is 29.5 Å².